The third kappa shape index (κ3) is 6.01. The number of pyridine rings is 2. The fourth-order valence-corrected chi connectivity index (χ4v) is 9.60. The van der Waals surface area contributed by atoms with Gasteiger partial charge in [-0.3, -0.25) is 14.6 Å². The quantitative estimate of drug-likeness (QED) is 0.259. The van der Waals surface area contributed by atoms with Gasteiger partial charge in [-0.15, -0.1) is 0 Å². The monoisotopic (exact) mass is 815 g/mol. The first-order valence-electron chi connectivity index (χ1n) is 20.5. The number of nitrogens with zero attached hydrogens (tertiary/aromatic N) is 12. The number of likely N-dealkylation sites (N-methyl/N-ethyl adjacent to an activating group) is 1. The van der Waals surface area contributed by atoms with Gasteiger partial charge in [0.05, 0.1) is 47.0 Å². The van der Waals surface area contributed by atoms with Gasteiger partial charge in [-0.2, -0.15) is 15.1 Å². The smallest absolute Gasteiger partial charge is 0.245 e. The number of imidazole rings is 1. The molecule has 5 aromatic heterocycles. The standard InChI is InChI=1S/C42H43F2N13O3/c1-22-47-31-11-12-45-36-30-5-4-6-35(49-30)48-25-14-33(40(58)52(2)20-27(60-3)21-54(22)37(31)36)55(18-25)38-28-16-46-57(32-10-9-24(43)13-29(32)44)39(28)51-42(50-38)56-26-15-34(56)41(59)53(19-26)17-23-7-8-23/h4-6,9-13,16,23,25-27,33-34H,7-8,14-15,17-21H2,1-3H3,(H,48,49)/t25-,26+,27-,33-,34-/m0/s1. The summed E-state index contributed by atoms with van der Waals surface area (Å²) in [7, 11) is 3.41. The number of hydrogen-bond acceptors (Lipinski definition) is 12. The van der Waals surface area contributed by atoms with Gasteiger partial charge in [-0.1, -0.05) is 6.07 Å². The molecule has 0 radical (unpaired) electrons. The van der Waals surface area contributed by atoms with Crippen LogP contribution in [0.5, 0.6) is 0 Å². The minimum atomic E-state index is -0.812. The summed E-state index contributed by atoms with van der Waals surface area (Å²) in [6.07, 6.45) is 6.25. The molecule has 1 saturated carbocycles. The molecule has 6 aliphatic rings. The number of halogens is 2. The average molecular weight is 816 g/mol. The van der Waals surface area contributed by atoms with Crippen LogP contribution in [0, 0.1) is 24.5 Å². The van der Waals surface area contributed by atoms with E-state index in [1.54, 1.807) is 31.5 Å². The first kappa shape index (κ1) is 36.8. The SMILES string of the molecule is CO[C@H]1CN(C)C(=O)[C@@H]2C[C@@H](CN2c2nc(N3[C@@H]4C[C@H]3C(=O)N(CC3CC3)C4)nc3c2cnn3-c2ccc(F)cc2F)Nc2cccc(n2)-c2nccc3nc(C)n(c23)C1. The van der Waals surface area contributed by atoms with E-state index in [0.717, 1.165) is 42.3 Å². The zero-order chi connectivity index (χ0) is 41.0. The molecular formula is C42H43F2N13O3. The number of anilines is 3. The van der Waals surface area contributed by atoms with Crippen LogP contribution in [-0.4, -0.2) is 131 Å². The molecule has 1 N–H and O–H groups in total. The Morgan fingerprint density at radius 3 is 2.60 bits per heavy atom. The van der Waals surface area contributed by atoms with Gasteiger partial charge < -0.3 is 34.2 Å². The fraction of sp³-hybridized carbons (Fsp3) is 0.429. The van der Waals surface area contributed by atoms with Crippen molar-refractivity contribution in [2.24, 2.45) is 5.92 Å². The molecule has 308 valence electrons. The van der Waals surface area contributed by atoms with E-state index in [0.29, 0.717) is 72.8 Å². The number of nitrogens with one attached hydrogen (secondary N) is 1. The van der Waals surface area contributed by atoms with Gasteiger partial charge in [0.2, 0.25) is 17.8 Å². The van der Waals surface area contributed by atoms with Crippen LogP contribution in [0.3, 0.4) is 0 Å². The maximum absolute atomic E-state index is 15.5. The predicted molar refractivity (Wildman–Crippen MR) is 218 cm³/mol. The lowest BCUT2D eigenvalue weighted by Crippen LogP contribution is -2.72. The van der Waals surface area contributed by atoms with Crippen LogP contribution >= 0.6 is 0 Å². The lowest BCUT2D eigenvalue weighted by atomic mass is 9.87. The Kier molecular flexibility index (Phi) is 8.51. The Morgan fingerprint density at radius 1 is 0.933 bits per heavy atom. The van der Waals surface area contributed by atoms with Crippen LogP contribution in [-0.2, 0) is 20.9 Å². The Bertz CT molecular complexity index is 2720. The average Bonchev–Trinajstić information content (AvgIpc) is 3.64. The van der Waals surface area contributed by atoms with Crippen LogP contribution in [0.25, 0.3) is 39.1 Å². The van der Waals surface area contributed by atoms with Crippen molar-refractivity contribution in [1.29, 1.82) is 0 Å². The number of rotatable bonds is 6. The summed E-state index contributed by atoms with van der Waals surface area (Å²) < 4.78 is 39.0. The van der Waals surface area contributed by atoms with Crippen molar-refractivity contribution >= 4 is 51.5 Å². The number of amides is 2. The summed E-state index contributed by atoms with van der Waals surface area (Å²) >= 11 is 0. The van der Waals surface area contributed by atoms with Crippen molar-refractivity contribution in [3.05, 3.63) is 72.3 Å². The number of carbonyl (C=O) groups is 2. The molecular weight excluding hydrogens is 773 g/mol. The van der Waals surface area contributed by atoms with E-state index in [9.17, 15) is 14.0 Å². The highest BCUT2D eigenvalue weighted by Gasteiger charge is 2.53. The van der Waals surface area contributed by atoms with Crippen molar-refractivity contribution < 1.29 is 23.1 Å². The van der Waals surface area contributed by atoms with Crippen molar-refractivity contribution in [1.82, 2.24) is 49.1 Å². The number of hydrogen-bond donors (Lipinski definition) is 1. The number of ether oxygens (including phenoxy) is 1. The van der Waals surface area contributed by atoms with E-state index in [1.165, 1.54) is 16.8 Å². The summed E-state index contributed by atoms with van der Waals surface area (Å²) in [4.78, 5) is 61.0. The second-order valence-corrected chi connectivity index (χ2v) is 16.8. The molecule has 5 fully saturated rings. The number of benzene rings is 1. The summed E-state index contributed by atoms with van der Waals surface area (Å²) in [6, 6.07) is 9.51. The first-order chi connectivity index (χ1) is 29.1. The molecule has 10 heterocycles. The van der Waals surface area contributed by atoms with Crippen molar-refractivity contribution in [3.8, 4) is 17.1 Å². The lowest BCUT2D eigenvalue weighted by molar-refractivity contribution is -0.140. The molecule has 1 aliphatic carbocycles. The largest absolute Gasteiger partial charge is 0.378 e. The lowest BCUT2D eigenvalue weighted by Gasteiger charge is -2.55. The number of piperazine rings is 1. The third-order valence-electron chi connectivity index (χ3n) is 12.8. The number of fused-ring (bicyclic) bond motifs is 8. The van der Waals surface area contributed by atoms with Gasteiger partial charge in [-0.25, -0.2) is 23.4 Å². The van der Waals surface area contributed by atoms with Crippen molar-refractivity contribution in [3.63, 3.8) is 0 Å². The molecule has 6 aromatic rings. The van der Waals surface area contributed by atoms with Crippen LogP contribution in [0.4, 0.5) is 26.4 Å². The van der Waals surface area contributed by atoms with Gasteiger partial charge in [0.25, 0.3) is 0 Å². The van der Waals surface area contributed by atoms with E-state index in [2.05, 4.69) is 15.0 Å². The normalized spacial score (nSPS) is 24.2. The first-order valence-corrected chi connectivity index (χ1v) is 20.5. The summed E-state index contributed by atoms with van der Waals surface area (Å²) in [5.41, 5.74) is 3.26. The zero-order valence-corrected chi connectivity index (χ0v) is 33.4. The topological polar surface area (TPSA) is 156 Å². The minimum Gasteiger partial charge on any atom is -0.378 e. The molecule has 6 bridgehead atoms. The van der Waals surface area contributed by atoms with Crippen molar-refractivity contribution in [2.75, 3.05) is 55.5 Å². The molecule has 1 aromatic carbocycles. The second-order valence-electron chi connectivity index (χ2n) is 16.8. The number of aryl methyl sites for hydroxylation is 1. The Labute approximate surface area is 343 Å². The number of carbonyl (C=O) groups excluding carboxylic acids is 2. The molecule has 5 aliphatic heterocycles. The van der Waals surface area contributed by atoms with E-state index in [-0.39, 0.29) is 41.8 Å². The van der Waals surface area contributed by atoms with Crippen LogP contribution in [0.1, 0.15) is 31.5 Å². The molecule has 2 amide bonds. The maximum Gasteiger partial charge on any atom is 0.245 e. The summed E-state index contributed by atoms with van der Waals surface area (Å²) in [5.74, 6) is 1.04. The van der Waals surface area contributed by atoms with E-state index in [1.807, 2.05) is 45.9 Å². The molecule has 5 atom stereocenters. The zero-order valence-electron chi connectivity index (χ0n) is 33.4. The molecule has 0 spiro atoms. The number of methoxy groups -OCH3 is 1. The van der Waals surface area contributed by atoms with E-state index < -0.39 is 29.8 Å². The highest BCUT2D eigenvalue weighted by Crippen LogP contribution is 2.42. The second kappa shape index (κ2) is 13.9. The molecule has 16 nitrogen and oxygen atoms in total. The van der Waals surface area contributed by atoms with Gasteiger partial charge >= 0.3 is 0 Å². The summed E-state index contributed by atoms with van der Waals surface area (Å²) in [6.45, 7) is 4.30. The Morgan fingerprint density at radius 2 is 1.80 bits per heavy atom. The van der Waals surface area contributed by atoms with Gasteiger partial charge in [0.15, 0.2) is 11.5 Å². The molecule has 12 rings (SSSR count). The van der Waals surface area contributed by atoms with Gasteiger partial charge in [0.1, 0.15) is 46.7 Å². The summed E-state index contributed by atoms with van der Waals surface area (Å²) in [5, 5.41) is 8.65. The Hall–Kier alpha value is -6.30. The highest BCUT2D eigenvalue weighted by atomic mass is 19.1. The third-order valence-corrected chi connectivity index (χ3v) is 12.8. The molecule has 4 saturated heterocycles. The van der Waals surface area contributed by atoms with E-state index >= 15 is 4.39 Å². The van der Waals surface area contributed by atoms with Crippen molar-refractivity contribution in [2.45, 2.75) is 69.4 Å². The van der Waals surface area contributed by atoms with Gasteiger partial charge in [0, 0.05) is 58.6 Å². The van der Waals surface area contributed by atoms with E-state index in [4.69, 9.17) is 29.7 Å². The number of piperidine rings is 1. The minimum absolute atomic E-state index is 0.00453. The van der Waals surface area contributed by atoms with Gasteiger partial charge in [-0.05, 0) is 68.9 Å². The number of aromatic nitrogens is 8. The van der Waals surface area contributed by atoms with Crippen LogP contribution in [0.2, 0.25) is 0 Å². The highest BCUT2D eigenvalue weighted by molar-refractivity contribution is 5.95. The van der Waals surface area contributed by atoms with Crippen LogP contribution < -0.4 is 15.1 Å². The van der Waals surface area contributed by atoms with Crippen LogP contribution in [0.15, 0.2) is 54.9 Å². The Balaban J connectivity index is 1.02. The maximum atomic E-state index is 15.5. The predicted octanol–water partition coefficient (Wildman–Crippen LogP) is 3.95. The fourth-order valence-electron chi connectivity index (χ4n) is 9.60. The molecule has 60 heavy (non-hydrogen) atoms. The molecule has 0 unspecified atom stereocenters. The molecule has 18 heteroatoms.